The lowest BCUT2D eigenvalue weighted by atomic mass is 10.1. The highest BCUT2D eigenvalue weighted by molar-refractivity contribution is 7.89. The van der Waals surface area contributed by atoms with Gasteiger partial charge in [0.25, 0.3) is 0 Å². The Hall–Kier alpha value is -1.31. The molecule has 2 rings (SSSR count). The molecule has 0 amide bonds. The molecule has 2 N–H and O–H groups in total. The molecule has 0 aliphatic carbocycles. The van der Waals surface area contributed by atoms with Crippen LogP contribution in [-0.2, 0) is 14.8 Å². The minimum Gasteiger partial charge on any atom is -0.495 e. The number of piperidine rings is 1. The molecule has 1 aromatic rings. The van der Waals surface area contributed by atoms with Gasteiger partial charge in [-0.25, -0.2) is 8.42 Å². The Labute approximate surface area is 125 Å². The van der Waals surface area contributed by atoms with E-state index in [0.717, 1.165) is 0 Å². The molecular formula is C14H22N2O4S. The molecular weight excluding hydrogens is 292 g/mol. The molecule has 6 nitrogen and oxygen atoms in total. The number of hydrogen-bond acceptors (Lipinski definition) is 5. The molecule has 0 bridgehead atoms. The number of nitrogens with two attached hydrogens (primary N) is 1. The van der Waals surface area contributed by atoms with Crippen LogP contribution in [0.2, 0.25) is 0 Å². The van der Waals surface area contributed by atoms with E-state index in [9.17, 15) is 8.42 Å². The predicted molar refractivity (Wildman–Crippen MR) is 80.8 cm³/mol. The summed E-state index contributed by atoms with van der Waals surface area (Å²) in [7, 11) is -2.12. The molecule has 0 unspecified atom stereocenters. The molecule has 21 heavy (non-hydrogen) atoms. The van der Waals surface area contributed by atoms with Crippen LogP contribution in [0.1, 0.15) is 19.8 Å². The van der Waals surface area contributed by atoms with E-state index >= 15 is 0 Å². The van der Waals surface area contributed by atoms with Gasteiger partial charge in [-0.15, -0.1) is 0 Å². The minimum absolute atomic E-state index is 0.148. The number of sulfonamides is 1. The highest BCUT2D eigenvalue weighted by atomic mass is 32.2. The average molecular weight is 314 g/mol. The van der Waals surface area contributed by atoms with E-state index in [0.29, 0.717) is 38.2 Å². The first kappa shape index (κ1) is 16.1. The minimum atomic E-state index is -3.56. The highest BCUT2D eigenvalue weighted by Gasteiger charge is 2.31. The number of methoxy groups -OCH3 is 1. The van der Waals surface area contributed by atoms with Gasteiger partial charge in [0.1, 0.15) is 10.6 Å². The largest absolute Gasteiger partial charge is 0.495 e. The normalized spacial score (nSPS) is 17.8. The molecule has 1 aromatic carbocycles. The lowest BCUT2D eigenvalue weighted by Crippen LogP contribution is -2.40. The summed E-state index contributed by atoms with van der Waals surface area (Å²) in [6, 6.07) is 4.60. The maximum Gasteiger partial charge on any atom is 0.246 e. The fraction of sp³-hybridized carbons (Fsp3) is 0.571. The molecule has 1 fully saturated rings. The van der Waals surface area contributed by atoms with Gasteiger partial charge in [-0.2, -0.15) is 4.31 Å². The van der Waals surface area contributed by atoms with Crippen molar-refractivity contribution in [2.45, 2.75) is 30.8 Å². The van der Waals surface area contributed by atoms with Gasteiger partial charge in [-0.05, 0) is 31.9 Å². The van der Waals surface area contributed by atoms with E-state index in [-0.39, 0.29) is 16.7 Å². The van der Waals surface area contributed by atoms with Gasteiger partial charge in [0.15, 0.2) is 0 Å². The number of nitrogen functional groups attached to an aromatic ring is 1. The van der Waals surface area contributed by atoms with E-state index in [1.807, 2.05) is 6.92 Å². The second-order valence-corrected chi connectivity index (χ2v) is 6.88. The Morgan fingerprint density at radius 2 is 2.00 bits per heavy atom. The van der Waals surface area contributed by atoms with Crippen molar-refractivity contribution < 1.29 is 17.9 Å². The topological polar surface area (TPSA) is 81.9 Å². The van der Waals surface area contributed by atoms with Crippen LogP contribution in [0.5, 0.6) is 5.75 Å². The second-order valence-electron chi connectivity index (χ2n) is 4.97. The number of benzene rings is 1. The van der Waals surface area contributed by atoms with Gasteiger partial charge in [0.2, 0.25) is 10.0 Å². The van der Waals surface area contributed by atoms with Crippen molar-refractivity contribution in [3.05, 3.63) is 18.2 Å². The molecule has 0 spiro atoms. The third kappa shape index (κ3) is 3.48. The summed E-state index contributed by atoms with van der Waals surface area (Å²) < 4.78 is 37.6. The maximum atomic E-state index is 12.7. The van der Waals surface area contributed by atoms with Crippen LogP contribution in [0, 0.1) is 0 Å². The van der Waals surface area contributed by atoms with Crippen LogP contribution in [0.25, 0.3) is 0 Å². The molecule has 0 aromatic heterocycles. The molecule has 0 radical (unpaired) electrons. The Bertz CT molecular complexity index is 581. The summed E-state index contributed by atoms with van der Waals surface area (Å²) in [5.74, 6) is 0.280. The summed E-state index contributed by atoms with van der Waals surface area (Å²) >= 11 is 0. The Kier molecular flexibility index (Phi) is 5.08. The zero-order chi connectivity index (χ0) is 15.5. The summed E-state index contributed by atoms with van der Waals surface area (Å²) in [6.45, 7) is 3.52. The van der Waals surface area contributed by atoms with E-state index in [1.165, 1.54) is 23.5 Å². The van der Waals surface area contributed by atoms with E-state index in [4.69, 9.17) is 15.2 Å². The third-order valence-electron chi connectivity index (χ3n) is 3.61. The highest BCUT2D eigenvalue weighted by Crippen LogP contribution is 2.30. The Balaban J connectivity index is 2.20. The van der Waals surface area contributed by atoms with Crippen molar-refractivity contribution in [2.75, 3.05) is 32.5 Å². The number of ether oxygens (including phenoxy) is 2. The smallest absolute Gasteiger partial charge is 0.246 e. The predicted octanol–water partition coefficient (Wildman–Crippen LogP) is 1.47. The first-order chi connectivity index (χ1) is 9.98. The fourth-order valence-corrected chi connectivity index (χ4v) is 4.12. The molecule has 0 saturated carbocycles. The summed E-state index contributed by atoms with van der Waals surface area (Å²) in [5, 5.41) is 0. The van der Waals surface area contributed by atoms with Crippen molar-refractivity contribution in [3.63, 3.8) is 0 Å². The first-order valence-corrected chi connectivity index (χ1v) is 8.48. The van der Waals surface area contributed by atoms with Crippen molar-refractivity contribution in [3.8, 4) is 5.75 Å². The van der Waals surface area contributed by atoms with Gasteiger partial charge in [-0.1, -0.05) is 0 Å². The average Bonchev–Trinajstić information content (AvgIpc) is 2.47. The van der Waals surface area contributed by atoms with Gasteiger partial charge in [0, 0.05) is 31.5 Å². The van der Waals surface area contributed by atoms with Gasteiger partial charge >= 0.3 is 0 Å². The quantitative estimate of drug-likeness (QED) is 0.832. The number of hydrogen-bond donors (Lipinski definition) is 1. The number of anilines is 1. The van der Waals surface area contributed by atoms with E-state index < -0.39 is 10.0 Å². The van der Waals surface area contributed by atoms with Crippen LogP contribution >= 0.6 is 0 Å². The molecule has 7 heteroatoms. The van der Waals surface area contributed by atoms with Crippen molar-refractivity contribution >= 4 is 15.7 Å². The number of nitrogens with zero attached hydrogens (tertiary/aromatic N) is 1. The van der Waals surface area contributed by atoms with Crippen molar-refractivity contribution in [2.24, 2.45) is 0 Å². The second kappa shape index (κ2) is 6.64. The standard InChI is InChI=1S/C14H22N2O4S/c1-3-20-12-6-8-16(9-7-12)21(17,18)14-5-4-11(15)10-13(14)19-2/h4-5,10,12H,3,6-9,15H2,1-2H3. The SMILES string of the molecule is CCOC1CCN(S(=O)(=O)c2ccc(N)cc2OC)CC1. The molecule has 0 atom stereocenters. The van der Waals surface area contributed by atoms with Crippen molar-refractivity contribution in [1.29, 1.82) is 0 Å². The molecule has 1 aliphatic heterocycles. The third-order valence-corrected chi connectivity index (χ3v) is 5.55. The summed E-state index contributed by atoms with van der Waals surface area (Å²) in [6.07, 6.45) is 1.57. The maximum absolute atomic E-state index is 12.7. The van der Waals surface area contributed by atoms with Crippen LogP contribution < -0.4 is 10.5 Å². The van der Waals surface area contributed by atoms with E-state index in [2.05, 4.69) is 0 Å². The van der Waals surface area contributed by atoms with Crippen LogP contribution in [0.15, 0.2) is 23.1 Å². The lowest BCUT2D eigenvalue weighted by Gasteiger charge is -2.31. The van der Waals surface area contributed by atoms with E-state index in [1.54, 1.807) is 6.07 Å². The lowest BCUT2D eigenvalue weighted by molar-refractivity contribution is 0.0290. The number of rotatable bonds is 5. The summed E-state index contributed by atoms with van der Waals surface area (Å²) in [4.78, 5) is 0.161. The first-order valence-electron chi connectivity index (χ1n) is 7.04. The zero-order valence-electron chi connectivity index (χ0n) is 12.4. The van der Waals surface area contributed by atoms with Gasteiger partial charge < -0.3 is 15.2 Å². The molecule has 1 aliphatic rings. The van der Waals surface area contributed by atoms with Crippen molar-refractivity contribution in [1.82, 2.24) is 4.31 Å². The Morgan fingerprint density at radius 3 is 2.57 bits per heavy atom. The molecule has 1 saturated heterocycles. The summed E-state index contributed by atoms with van der Waals surface area (Å²) in [5.41, 5.74) is 6.14. The zero-order valence-corrected chi connectivity index (χ0v) is 13.2. The van der Waals surface area contributed by atoms with Gasteiger partial charge in [0.05, 0.1) is 13.2 Å². The Morgan fingerprint density at radius 1 is 1.33 bits per heavy atom. The van der Waals surface area contributed by atoms with Gasteiger partial charge in [-0.3, -0.25) is 0 Å². The van der Waals surface area contributed by atoms with Crippen LogP contribution in [0.3, 0.4) is 0 Å². The van der Waals surface area contributed by atoms with Crippen LogP contribution in [-0.4, -0.2) is 45.6 Å². The monoisotopic (exact) mass is 314 g/mol. The van der Waals surface area contributed by atoms with Crippen LogP contribution in [0.4, 0.5) is 5.69 Å². The molecule has 1 heterocycles. The molecule has 118 valence electrons. The fourth-order valence-electron chi connectivity index (χ4n) is 2.51.